The van der Waals surface area contributed by atoms with Crippen molar-refractivity contribution in [3.05, 3.63) is 0 Å². The smallest absolute Gasteiger partial charge is 0.0506 e. The van der Waals surface area contributed by atoms with Crippen molar-refractivity contribution < 1.29 is 0 Å². The molecule has 60 valence electrons. The van der Waals surface area contributed by atoms with E-state index in [4.69, 9.17) is 5.41 Å². The molecule has 0 radical (unpaired) electrons. The molecule has 0 fully saturated rings. The molecule has 1 unspecified atom stereocenters. The van der Waals surface area contributed by atoms with Crippen LogP contribution in [0.1, 0.15) is 13.3 Å². The standard InChI is InChI=1S/C7H16N2S/c1-7(9(2)3)4-5-10-6-8/h6-8H,4-5H2,1-3H3. The molecule has 0 bridgehead atoms. The van der Waals surface area contributed by atoms with Crippen molar-refractivity contribution in [3.8, 4) is 0 Å². The summed E-state index contributed by atoms with van der Waals surface area (Å²) in [5, 5.41) is 6.78. The van der Waals surface area contributed by atoms with Gasteiger partial charge in [-0.1, -0.05) is 0 Å². The van der Waals surface area contributed by atoms with Gasteiger partial charge in [0.15, 0.2) is 0 Å². The average Bonchev–Trinajstić information content (AvgIpc) is 1.88. The molecule has 0 aromatic carbocycles. The topological polar surface area (TPSA) is 27.1 Å². The quantitative estimate of drug-likeness (QED) is 0.376. The van der Waals surface area contributed by atoms with Gasteiger partial charge in [-0.3, -0.25) is 0 Å². The number of nitrogens with one attached hydrogen (secondary N) is 1. The molecule has 0 aliphatic heterocycles. The average molecular weight is 160 g/mol. The number of nitrogens with zero attached hydrogens (tertiary/aromatic N) is 1. The van der Waals surface area contributed by atoms with Crippen LogP contribution in [0.4, 0.5) is 0 Å². The summed E-state index contributed by atoms with van der Waals surface area (Å²) in [6.45, 7) is 2.20. The van der Waals surface area contributed by atoms with E-state index in [1.54, 1.807) is 11.8 Å². The fourth-order valence-electron chi connectivity index (χ4n) is 0.556. The van der Waals surface area contributed by atoms with E-state index in [9.17, 15) is 0 Å². The summed E-state index contributed by atoms with van der Waals surface area (Å²) in [6.07, 6.45) is 1.16. The van der Waals surface area contributed by atoms with E-state index in [1.807, 2.05) is 0 Å². The van der Waals surface area contributed by atoms with Gasteiger partial charge in [0.25, 0.3) is 0 Å². The van der Waals surface area contributed by atoms with E-state index in [0.717, 1.165) is 12.2 Å². The minimum Gasteiger partial charge on any atom is -0.307 e. The monoisotopic (exact) mass is 160 g/mol. The Morgan fingerprint density at radius 3 is 2.60 bits per heavy atom. The Hall–Kier alpha value is -0.0200. The minimum absolute atomic E-state index is 0.632. The minimum atomic E-state index is 0.632. The highest BCUT2D eigenvalue weighted by Gasteiger charge is 2.02. The lowest BCUT2D eigenvalue weighted by Gasteiger charge is -2.18. The van der Waals surface area contributed by atoms with E-state index in [2.05, 4.69) is 25.9 Å². The van der Waals surface area contributed by atoms with Crippen LogP contribution < -0.4 is 0 Å². The Morgan fingerprint density at radius 1 is 1.60 bits per heavy atom. The fourth-order valence-corrected chi connectivity index (χ4v) is 1.15. The van der Waals surface area contributed by atoms with Crippen molar-refractivity contribution in [2.75, 3.05) is 19.8 Å². The first-order chi connectivity index (χ1) is 4.68. The van der Waals surface area contributed by atoms with Crippen LogP contribution in [0.2, 0.25) is 0 Å². The molecular weight excluding hydrogens is 144 g/mol. The lowest BCUT2D eigenvalue weighted by Crippen LogP contribution is -2.24. The van der Waals surface area contributed by atoms with Crippen molar-refractivity contribution in [3.63, 3.8) is 0 Å². The van der Waals surface area contributed by atoms with Gasteiger partial charge in [-0.2, -0.15) is 0 Å². The molecule has 0 amide bonds. The zero-order chi connectivity index (χ0) is 7.98. The second-order valence-electron chi connectivity index (χ2n) is 2.59. The predicted octanol–water partition coefficient (Wildman–Crippen LogP) is 1.67. The Balaban J connectivity index is 3.21. The molecule has 2 nitrogen and oxygen atoms in total. The summed E-state index contributed by atoms with van der Waals surface area (Å²) < 4.78 is 0. The normalized spacial score (nSPS) is 13.6. The zero-order valence-corrected chi connectivity index (χ0v) is 7.74. The highest BCUT2D eigenvalue weighted by atomic mass is 32.2. The Bertz CT molecular complexity index is 93.6. The summed E-state index contributed by atoms with van der Waals surface area (Å²) in [5.74, 6) is 1.06. The number of rotatable bonds is 5. The third-order valence-corrected chi connectivity index (χ3v) is 2.26. The molecule has 0 aliphatic rings. The molecule has 0 aromatic heterocycles. The molecule has 0 aromatic rings. The van der Waals surface area contributed by atoms with E-state index < -0.39 is 0 Å². The molecule has 10 heavy (non-hydrogen) atoms. The van der Waals surface area contributed by atoms with Gasteiger partial charge in [-0.05, 0) is 27.4 Å². The predicted molar refractivity (Wildman–Crippen MR) is 49.0 cm³/mol. The summed E-state index contributed by atoms with van der Waals surface area (Å²) in [7, 11) is 4.17. The Labute approximate surface area is 67.5 Å². The highest BCUT2D eigenvalue weighted by molar-refractivity contribution is 8.11. The van der Waals surface area contributed by atoms with Gasteiger partial charge in [0.05, 0.1) is 5.55 Å². The van der Waals surface area contributed by atoms with E-state index >= 15 is 0 Å². The zero-order valence-electron chi connectivity index (χ0n) is 6.92. The van der Waals surface area contributed by atoms with E-state index in [0.29, 0.717) is 6.04 Å². The number of hydrogen-bond donors (Lipinski definition) is 1. The molecule has 1 N–H and O–H groups in total. The summed E-state index contributed by atoms with van der Waals surface area (Å²) in [5.41, 5.74) is 1.41. The van der Waals surface area contributed by atoms with Crippen LogP contribution in [0.5, 0.6) is 0 Å². The molecule has 1 atom stereocenters. The van der Waals surface area contributed by atoms with Gasteiger partial charge in [0.1, 0.15) is 0 Å². The first-order valence-electron chi connectivity index (χ1n) is 3.45. The second kappa shape index (κ2) is 5.74. The molecule has 0 saturated carbocycles. The van der Waals surface area contributed by atoms with Crippen molar-refractivity contribution in [1.29, 1.82) is 5.41 Å². The van der Waals surface area contributed by atoms with Gasteiger partial charge in [0.2, 0.25) is 0 Å². The summed E-state index contributed by atoms with van der Waals surface area (Å²) in [4.78, 5) is 2.20. The number of hydrogen-bond acceptors (Lipinski definition) is 3. The SMILES string of the molecule is CC(CCSC=N)N(C)C. The maximum Gasteiger partial charge on any atom is 0.0506 e. The van der Waals surface area contributed by atoms with Gasteiger partial charge in [-0.25, -0.2) is 0 Å². The van der Waals surface area contributed by atoms with Crippen LogP contribution in [0, 0.1) is 5.41 Å². The summed E-state index contributed by atoms with van der Waals surface area (Å²) >= 11 is 1.57. The Kier molecular flexibility index (Phi) is 5.73. The van der Waals surface area contributed by atoms with Gasteiger partial charge in [0, 0.05) is 11.8 Å². The third-order valence-electron chi connectivity index (χ3n) is 1.62. The van der Waals surface area contributed by atoms with Crippen LogP contribution in [-0.4, -0.2) is 36.3 Å². The first-order valence-corrected chi connectivity index (χ1v) is 4.50. The highest BCUT2D eigenvalue weighted by Crippen LogP contribution is 2.03. The molecule has 0 rings (SSSR count). The van der Waals surface area contributed by atoms with Crippen molar-refractivity contribution in [2.45, 2.75) is 19.4 Å². The van der Waals surface area contributed by atoms with Crippen molar-refractivity contribution in [2.24, 2.45) is 0 Å². The molecule has 0 saturated heterocycles. The van der Waals surface area contributed by atoms with E-state index in [1.165, 1.54) is 5.55 Å². The molecule has 0 heterocycles. The second-order valence-corrected chi connectivity index (χ2v) is 3.57. The maximum absolute atomic E-state index is 6.78. The maximum atomic E-state index is 6.78. The van der Waals surface area contributed by atoms with Crippen LogP contribution in [0.25, 0.3) is 0 Å². The first kappa shape index (κ1) is 9.98. The molecule has 0 spiro atoms. The van der Waals surface area contributed by atoms with Crippen LogP contribution in [0.3, 0.4) is 0 Å². The summed E-state index contributed by atoms with van der Waals surface area (Å²) in [6, 6.07) is 0.632. The molecule has 3 heteroatoms. The third kappa shape index (κ3) is 4.82. The van der Waals surface area contributed by atoms with Crippen LogP contribution >= 0.6 is 11.8 Å². The van der Waals surface area contributed by atoms with Crippen LogP contribution in [0.15, 0.2) is 0 Å². The lowest BCUT2D eigenvalue weighted by molar-refractivity contribution is 0.308. The van der Waals surface area contributed by atoms with Crippen molar-refractivity contribution in [1.82, 2.24) is 4.90 Å². The van der Waals surface area contributed by atoms with Gasteiger partial charge >= 0.3 is 0 Å². The lowest BCUT2D eigenvalue weighted by atomic mass is 10.2. The van der Waals surface area contributed by atoms with Gasteiger partial charge in [-0.15, -0.1) is 11.8 Å². The van der Waals surface area contributed by atoms with Crippen LogP contribution in [-0.2, 0) is 0 Å². The fraction of sp³-hybridized carbons (Fsp3) is 0.857. The van der Waals surface area contributed by atoms with Crippen molar-refractivity contribution >= 4 is 17.3 Å². The molecule has 0 aliphatic carbocycles. The molecular formula is C7H16N2S. The largest absolute Gasteiger partial charge is 0.307 e. The van der Waals surface area contributed by atoms with E-state index in [-0.39, 0.29) is 0 Å². The van der Waals surface area contributed by atoms with Gasteiger partial charge < -0.3 is 10.3 Å². The number of thioether (sulfide) groups is 1. The Morgan fingerprint density at radius 2 is 2.20 bits per heavy atom.